The van der Waals surface area contributed by atoms with Crippen LogP contribution in [0, 0.1) is 12.3 Å². The Morgan fingerprint density at radius 2 is 2.38 bits per heavy atom. The highest BCUT2D eigenvalue weighted by Gasteiger charge is 2.00. The van der Waals surface area contributed by atoms with Gasteiger partial charge < -0.3 is 9.84 Å². The maximum atomic E-state index is 8.99. The van der Waals surface area contributed by atoms with Crippen LogP contribution in [0.15, 0.2) is 24.3 Å². The average Bonchev–Trinajstić information content (AvgIpc) is 2.14. The molecule has 1 atom stereocenters. The van der Waals surface area contributed by atoms with E-state index in [1.165, 1.54) is 0 Å². The van der Waals surface area contributed by atoms with E-state index < -0.39 is 6.10 Å². The van der Waals surface area contributed by atoms with E-state index in [2.05, 4.69) is 5.92 Å². The van der Waals surface area contributed by atoms with Crippen molar-refractivity contribution in [2.24, 2.45) is 0 Å². The van der Waals surface area contributed by atoms with Crippen molar-refractivity contribution < 1.29 is 9.84 Å². The van der Waals surface area contributed by atoms with Gasteiger partial charge >= 0.3 is 0 Å². The monoisotopic (exact) mass is 196 g/mol. The highest BCUT2D eigenvalue weighted by Crippen LogP contribution is 2.16. The Kier molecular flexibility index (Phi) is 3.63. The number of ether oxygens (including phenoxy) is 1. The van der Waals surface area contributed by atoms with Crippen molar-refractivity contribution in [1.29, 1.82) is 0 Å². The third kappa shape index (κ3) is 3.37. The summed E-state index contributed by atoms with van der Waals surface area (Å²) in [6.45, 7) is 0.0802. The van der Waals surface area contributed by atoms with Crippen LogP contribution in [-0.2, 0) is 0 Å². The summed E-state index contributed by atoms with van der Waals surface area (Å²) in [5.74, 6) is 2.75. The molecular weight excluding hydrogens is 188 g/mol. The van der Waals surface area contributed by atoms with Crippen molar-refractivity contribution in [3.63, 3.8) is 0 Å². The number of hydrogen-bond donors (Lipinski definition) is 1. The number of rotatable bonds is 3. The fourth-order valence-corrected chi connectivity index (χ4v) is 0.960. The average molecular weight is 197 g/mol. The zero-order valence-electron chi connectivity index (χ0n) is 6.90. The van der Waals surface area contributed by atoms with Gasteiger partial charge in [0.2, 0.25) is 0 Å². The molecule has 1 N–H and O–H groups in total. The normalized spacial score (nSPS) is 11.8. The van der Waals surface area contributed by atoms with Crippen molar-refractivity contribution in [3.8, 4) is 18.1 Å². The molecular formula is C10H9ClO2. The third-order valence-corrected chi connectivity index (χ3v) is 1.63. The van der Waals surface area contributed by atoms with Gasteiger partial charge in [0.25, 0.3) is 0 Å². The maximum absolute atomic E-state index is 8.99. The molecule has 0 aliphatic rings. The van der Waals surface area contributed by atoms with E-state index in [-0.39, 0.29) is 6.61 Å². The first kappa shape index (κ1) is 9.91. The first-order valence-electron chi connectivity index (χ1n) is 3.75. The molecule has 0 amide bonds. The summed E-state index contributed by atoms with van der Waals surface area (Å²) in [4.78, 5) is 0. The van der Waals surface area contributed by atoms with Gasteiger partial charge in [0.1, 0.15) is 18.5 Å². The Morgan fingerprint density at radius 1 is 1.62 bits per heavy atom. The molecule has 0 bridgehead atoms. The lowest BCUT2D eigenvalue weighted by Gasteiger charge is -2.07. The fraction of sp³-hybridized carbons (Fsp3) is 0.200. The molecule has 1 rings (SSSR count). The van der Waals surface area contributed by atoms with Crippen molar-refractivity contribution >= 4 is 11.6 Å². The molecule has 0 saturated heterocycles. The van der Waals surface area contributed by atoms with E-state index in [0.29, 0.717) is 10.8 Å². The Bertz CT molecular complexity index is 317. The second kappa shape index (κ2) is 4.76. The smallest absolute Gasteiger partial charge is 0.148 e. The second-order valence-corrected chi connectivity index (χ2v) is 2.89. The molecule has 0 radical (unpaired) electrons. The van der Waals surface area contributed by atoms with Crippen LogP contribution >= 0.6 is 11.6 Å². The minimum Gasteiger partial charge on any atom is -0.490 e. The standard InChI is InChI=1S/C10H9ClO2/c1-2-9(12)7-13-10-5-3-4-8(11)6-10/h1,3-6,9,12H,7H2/t9-/m0/s1. The minimum atomic E-state index is -0.876. The summed E-state index contributed by atoms with van der Waals surface area (Å²) in [6, 6.07) is 6.91. The highest BCUT2D eigenvalue weighted by molar-refractivity contribution is 6.30. The predicted octanol–water partition coefficient (Wildman–Crippen LogP) is 1.71. The molecule has 0 saturated carbocycles. The summed E-state index contributed by atoms with van der Waals surface area (Å²) in [7, 11) is 0. The lowest BCUT2D eigenvalue weighted by atomic mass is 10.3. The molecule has 0 heterocycles. The van der Waals surface area contributed by atoms with Gasteiger partial charge in [-0.2, -0.15) is 0 Å². The summed E-state index contributed by atoms with van der Waals surface area (Å²) in [5, 5.41) is 9.58. The van der Waals surface area contributed by atoms with Crippen molar-refractivity contribution in [2.75, 3.05) is 6.61 Å². The molecule has 3 heteroatoms. The van der Waals surface area contributed by atoms with E-state index in [1.54, 1.807) is 24.3 Å². The van der Waals surface area contributed by atoms with Crippen molar-refractivity contribution in [1.82, 2.24) is 0 Å². The summed E-state index contributed by atoms with van der Waals surface area (Å²) in [5.41, 5.74) is 0. The number of halogens is 1. The van der Waals surface area contributed by atoms with Crippen LogP contribution in [0.2, 0.25) is 5.02 Å². The number of aliphatic hydroxyl groups excluding tert-OH is 1. The molecule has 0 unspecified atom stereocenters. The first-order valence-corrected chi connectivity index (χ1v) is 4.12. The number of hydrogen-bond acceptors (Lipinski definition) is 2. The largest absolute Gasteiger partial charge is 0.490 e. The molecule has 0 spiro atoms. The number of aliphatic hydroxyl groups is 1. The fourth-order valence-electron chi connectivity index (χ4n) is 0.780. The molecule has 0 aromatic heterocycles. The van der Waals surface area contributed by atoms with Crippen LogP contribution in [-0.4, -0.2) is 17.8 Å². The van der Waals surface area contributed by atoms with Gasteiger partial charge in [0.05, 0.1) is 0 Å². The molecule has 1 aromatic rings. The highest BCUT2D eigenvalue weighted by atomic mass is 35.5. The van der Waals surface area contributed by atoms with Gasteiger partial charge in [-0.25, -0.2) is 0 Å². The van der Waals surface area contributed by atoms with E-state index >= 15 is 0 Å². The van der Waals surface area contributed by atoms with Crippen LogP contribution in [0.25, 0.3) is 0 Å². The Hall–Kier alpha value is -1.17. The summed E-state index contributed by atoms with van der Waals surface area (Å²) < 4.78 is 5.16. The van der Waals surface area contributed by atoms with Gasteiger partial charge in [-0.05, 0) is 18.2 Å². The zero-order chi connectivity index (χ0) is 9.68. The van der Waals surface area contributed by atoms with Gasteiger partial charge in [-0.1, -0.05) is 23.6 Å². The lowest BCUT2D eigenvalue weighted by molar-refractivity contribution is 0.151. The Morgan fingerprint density at radius 3 is 3.00 bits per heavy atom. The van der Waals surface area contributed by atoms with Crippen molar-refractivity contribution in [3.05, 3.63) is 29.3 Å². The molecule has 2 nitrogen and oxygen atoms in total. The number of terminal acetylenes is 1. The van der Waals surface area contributed by atoms with Crippen molar-refractivity contribution in [2.45, 2.75) is 6.10 Å². The minimum absolute atomic E-state index is 0.0802. The van der Waals surface area contributed by atoms with Crippen LogP contribution < -0.4 is 4.74 Å². The topological polar surface area (TPSA) is 29.5 Å². The Balaban J connectivity index is 2.51. The SMILES string of the molecule is C#C[C@H](O)COc1cccc(Cl)c1. The molecule has 0 aliphatic carbocycles. The lowest BCUT2D eigenvalue weighted by Crippen LogP contribution is -2.14. The third-order valence-electron chi connectivity index (χ3n) is 1.40. The quantitative estimate of drug-likeness (QED) is 0.746. The van der Waals surface area contributed by atoms with Crippen LogP contribution in [0.3, 0.4) is 0 Å². The molecule has 13 heavy (non-hydrogen) atoms. The Labute approximate surface area is 82.1 Å². The maximum Gasteiger partial charge on any atom is 0.148 e. The van der Waals surface area contributed by atoms with Crippen LogP contribution in [0.1, 0.15) is 0 Å². The summed E-state index contributed by atoms with van der Waals surface area (Å²) in [6.07, 6.45) is 4.08. The molecule has 0 aliphatic heterocycles. The van der Waals surface area contributed by atoms with Crippen LogP contribution in [0.5, 0.6) is 5.75 Å². The van der Waals surface area contributed by atoms with Gasteiger partial charge in [0.15, 0.2) is 0 Å². The summed E-state index contributed by atoms with van der Waals surface area (Å²) >= 11 is 5.71. The second-order valence-electron chi connectivity index (χ2n) is 2.45. The van der Waals surface area contributed by atoms with E-state index in [9.17, 15) is 0 Å². The molecule has 68 valence electrons. The molecule has 1 aromatic carbocycles. The van der Waals surface area contributed by atoms with E-state index in [4.69, 9.17) is 27.9 Å². The number of benzene rings is 1. The predicted molar refractivity (Wildman–Crippen MR) is 51.8 cm³/mol. The van der Waals surface area contributed by atoms with Crippen LogP contribution in [0.4, 0.5) is 0 Å². The van der Waals surface area contributed by atoms with E-state index in [0.717, 1.165) is 0 Å². The first-order chi connectivity index (χ1) is 6.22. The van der Waals surface area contributed by atoms with Gasteiger partial charge in [0, 0.05) is 5.02 Å². The van der Waals surface area contributed by atoms with E-state index in [1.807, 2.05) is 0 Å². The molecule has 0 fully saturated rings. The zero-order valence-corrected chi connectivity index (χ0v) is 7.66. The van der Waals surface area contributed by atoms with Gasteiger partial charge in [-0.15, -0.1) is 6.42 Å². The van der Waals surface area contributed by atoms with Gasteiger partial charge in [-0.3, -0.25) is 0 Å².